The lowest BCUT2D eigenvalue weighted by Gasteiger charge is -2.06. The first-order chi connectivity index (χ1) is 11.8. The minimum absolute atomic E-state index is 0.0248. The van der Waals surface area contributed by atoms with E-state index in [1.807, 2.05) is 0 Å². The summed E-state index contributed by atoms with van der Waals surface area (Å²) < 4.78 is 43.2. The first-order valence-electron chi connectivity index (χ1n) is 6.83. The van der Waals surface area contributed by atoms with Gasteiger partial charge in [0.2, 0.25) is 5.89 Å². The summed E-state index contributed by atoms with van der Waals surface area (Å²) in [6, 6.07) is 8.45. The highest BCUT2D eigenvalue weighted by atomic mass is 35.5. The van der Waals surface area contributed by atoms with Crippen LogP contribution in [0.25, 0.3) is 22.8 Å². The van der Waals surface area contributed by atoms with Gasteiger partial charge in [0, 0.05) is 17.2 Å². The molecule has 0 aliphatic heterocycles. The molecule has 0 aliphatic carbocycles. The van der Waals surface area contributed by atoms with E-state index < -0.39 is 16.7 Å². The molecule has 0 unspecified atom stereocenters. The lowest BCUT2D eigenvalue weighted by atomic mass is 10.1. The Hall–Kier alpha value is -2.87. The third-order valence-corrected chi connectivity index (χ3v) is 3.71. The van der Waals surface area contributed by atoms with Crippen LogP contribution in [0.4, 0.5) is 18.9 Å². The number of oxazole rings is 1. The standard InChI is InChI=1S/C16H8ClF3N2O3/c17-12-6-3-10(7-13(12)22(23)24)15-21-8-14(25-15)9-1-4-11(5-2-9)16(18,19)20/h1-8H. The fourth-order valence-electron chi connectivity index (χ4n) is 2.15. The van der Waals surface area contributed by atoms with Crippen LogP contribution in [0.5, 0.6) is 0 Å². The highest BCUT2D eigenvalue weighted by Gasteiger charge is 2.30. The molecule has 0 saturated carbocycles. The van der Waals surface area contributed by atoms with E-state index in [1.165, 1.54) is 36.5 Å². The van der Waals surface area contributed by atoms with Crippen molar-refractivity contribution in [3.63, 3.8) is 0 Å². The maximum absolute atomic E-state index is 12.6. The van der Waals surface area contributed by atoms with E-state index in [1.54, 1.807) is 0 Å². The molecule has 0 atom stereocenters. The first kappa shape index (κ1) is 17.0. The van der Waals surface area contributed by atoms with Gasteiger partial charge >= 0.3 is 6.18 Å². The molecule has 128 valence electrons. The minimum Gasteiger partial charge on any atom is -0.436 e. The number of aromatic nitrogens is 1. The van der Waals surface area contributed by atoms with Gasteiger partial charge in [-0.2, -0.15) is 13.2 Å². The molecule has 0 bridgehead atoms. The van der Waals surface area contributed by atoms with Gasteiger partial charge in [0.05, 0.1) is 16.7 Å². The summed E-state index contributed by atoms with van der Waals surface area (Å²) in [7, 11) is 0. The Kier molecular flexibility index (Phi) is 4.22. The van der Waals surface area contributed by atoms with E-state index in [9.17, 15) is 23.3 Å². The second-order valence-electron chi connectivity index (χ2n) is 5.03. The molecule has 5 nitrogen and oxygen atoms in total. The zero-order valence-electron chi connectivity index (χ0n) is 12.2. The van der Waals surface area contributed by atoms with E-state index >= 15 is 0 Å². The number of rotatable bonds is 3. The van der Waals surface area contributed by atoms with Crippen LogP contribution in [0.3, 0.4) is 0 Å². The third kappa shape index (κ3) is 3.48. The molecule has 0 saturated heterocycles. The summed E-state index contributed by atoms with van der Waals surface area (Å²) in [6.07, 6.45) is -3.09. The molecule has 1 aromatic heterocycles. The summed E-state index contributed by atoms with van der Waals surface area (Å²) in [6.45, 7) is 0. The topological polar surface area (TPSA) is 69.2 Å². The van der Waals surface area contributed by atoms with Crippen molar-refractivity contribution in [2.24, 2.45) is 0 Å². The van der Waals surface area contributed by atoms with Gasteiger partial charge in [0.25, 0.3) is 5.69 Å². The van der Waals surface area contributed by atoms with E-state index in [-0.39, 0.29) is 22.4 Å². The van der Waals surface area contributed by atoms with Crippen LogP contribution in [0.15, 0.2) is 53.1 Å². The van der Waals surface area contributed by atoms with Crippen LogP contribution in [0.2, 0.25) is 5.02 Å². The normalized spacial score (nSPS) is 11.5. The summed E-state index contributed by atoms with van der Waals surface area (Å²) in [5.41, 5.74) is -0.345. The van der Waals surface area contributed by atoms with E-state index in [0.717, 1.165) is 12.1 Å². The Morgan fingerprint density at radius 2 is 1.72 bits per heavy atom. The van der Waals surface area contributed by atoms with Gasteiger partial charge in [0.1, 0.15) is 5.02 Å². The van der Waals surface area contributed by atoms with Crippen LogP contribution < -0.4 is 0 Å². The van der Waals surface area contributed by atoms with Crippen molar-refractivity contribution < 1.29 is 22.5 Å². The summed E-state index contributed by atoms with van der Waals surface area (Å²) in [4.78, 5) is 14.3. The Morgan fingerprint density at radius 1 is 1.08 bits per heavy atom. The van der Waals surface area contributed by atoms with Crippen LogP contribution in [0.1, 0.15) is 5.56 Å². The molecule has 1 heterocycles. The Bertz CT molecular complexity index is 937. The zero-order valence-corrected chi connectivity index (χ0v) is 13.0. The first-order valence-corrected chi connectivity index (χ1v) is 7.21. The molecule has 9 heteroatoms. The predicted molar refractivity (Wildman–Crippen MR) is 84.0 cm³/mol. The summed E-state index contributed by atoms with van der Waals surface area (Å²) in [5.74, 6) is 0.330. The summed E-state index contributed by atoms with van der Waals surface area (Å²) >= 11 is 5.75. The van der Waals surface area contributed by atoms with Crippen LogP contribution in [-0.4, -0.2) is 9.91 Å². The highest BCUT2D eigenvalue weighted by Crippen LogP contribution is 2.33. The molecule has 3 aromatic rings. The zero-order chi connectivity index (χ0) is 18.2. The molecule has 0 spiro atoms. The Balaban J connectivity index is 1.93. The minimum atomic E-state index is -4.42. The van der Waals surface area contributed by atoms with Gasteiger partial charge in [-0.15, -0.1) is 0 Å². The van der Waals surface area contributed by atoms with Crippen molar-refractivity contribution in [1.82, 2.24) is 4.98 Å². The van der Waals surface area contributed by atoms with Crippen molar-refractivity contribution in [3.8, 4) is 22.8 Å². The second-order valence-corrected chi connectivity index (χ2v) is 5.44. The van der Waals surface area contributed by atoms with Gasteiger partial charge in [0.15, 0.2) is 5.76 Å². The number of nitro groups is 1. The van der Waals surface area contributed by atoms with Gasteiger partial charge in [-0.05, 0) is 24.3 Å². The van der Waals surface area contributed by atoms with E-state index in [4.69, 9.17) is 16.0 Å². The molecule has 0 amide bonds. The lowest BCUT2D eigenvalue weighted by Crippen LogP contribution is -2.03. The SMILES string of the molecule is O=[N+]([O-])c1cc(-c2ncc(-c3ccc(C(F)(F)F)cc3)o2)ccc1Cl. The fourth-order valence-corrected chi connectivity index (χ4v) is 2.34. The molecule has 0 radical (unpaired) electrons. The fraction of sp³-hybridized carbons (Fsp3) is 0.0625. The number of benzene rings is 2. The highest BCUT2D eigenvalue weighted by molar-refractivity contribution is 6.32. The monoisotopic (exact) mass is 368 g/mol. The lowest BCUT2D eigenvalue weighted by molar-refractivity contribution is -0.384. The molecule has 0 fully saturated rings. The summed E-state index contributed by atoms with van der Waals surface area (Å²) in [5, 5.41) is 10.9. The average molecular weight is 369 g/mol. The van der Waals surface area contributed by atoms with Gasteiger partial charge < -0.3 is 4.42 Å². The van der Waals surface area contributed by atoms with Crippen molar-refractivity contribution >= 4 is 17.3 Å². The molecule has 25 heavy (non-hydrogen) atoms. The molecule has 0 N–H and O–H groups in total. The van der Waals surface area contributed by atoms with Crippen LogP contribution >= 0.6 is 11.6 Å². The maximum Gasteiger partial charge on any atom is 0.416 e. The van der Waals surface area contributed by atoms with E-state index in [2.05, 4.69) is 4.98 Å². The van der Waals surface area contributed by atoms with Gasteiger partial charge in [-0.3, -0.25) is 10.1 Å². The van der Waals surface area contributed by atoms with Crippen molar-refractivity contribution in [2.45, 2.75) is 6.18 Å². The second kappa shape index (κ2) is 6.21. The van der Waals surface area contributed by atoms with Gasteiger partial charge in [-0.25, -0.2) is 4.98 Å². The number of nitrogens with zero attached hydrogens (tertiary/aromatic N) is 2. The number of hydrogen-bond acceptors (Lipinski definition) is 4. The molecular formula is C16H8ClF3N2O3. The van der Waals surface area contributed by atoms with Crippen LogP contribution in [0, 0.1) is 10.1 Å². The quantitative estimate of drug-likeness (QED) is 0.446. The number of hydrogen-bond donors (Lipinski definition) is 0. The maximum atomic E-state index is 12.6. The third-order valence-electron chi connectivity index (χ3n) is 3.39. The van der Waals surface area contributed by atoms with Crippen molar-refractivity contribution in [1.29, 1.82) is 0 Å². The van der Waals surface area contributed by atoms with Crippen LogP contribution in [-0.2, 0) is 6.18 Å². The number of nitro benzene ring substituents is 1. The van der Waals surface area contributed by atoms with Crippen molar-refractivity contribution in [2.75, 3.05) is 0 Å². The van der Waals surface area contributed by atoms with Gasteiger partial charge in [-0.1, -0.05) is 23.7 Å². The molecule has 3 rings (SSSR count). The molecule has 0 aliphatic rings. The van der Waals surface area contributed by atoms with E-state index in [0.29, 0.717) is 11.1 Å². The number of halogens is 4. The average Bonchev–Trinajstić information content (AvgIpc) is 3.04. The number of alkyl halides is 3. The Labute approximate surface area is 143 Å². The van der Waals surface area contributed by atoms with Crippen molar-refractivity contribution in [3.05, 3.63) is 69.4 Å². The Morgan fingerprint density at radius 3 is 2.32 bits per heavy atom. The largest absolute Gasteiger partial charge is 0.436 e. The molecular weight excluding hydrogens is 361 g/mol. The smallest absolute Gasteiger partial charge is 0.416 e. The predicted octanol–water partition coefficient (Wildman–Crippen LogP) is 5.59. The molecule has 2 aromatic carbocycles.